The number of hydrogen-bond acceptors (Lipinski definition) is 6. The number of pyridine rings is 1. The van der Waals surface area contributed by atoms with E-state index in [0.29, 0.717) is 43.7 Å². The summed E-state index contributed by atoms with van der Waals surface area (Å²) in [4.78, 5) is 41.5. The van der Waals surface area contributed by atoms with E-state index in [-0.39, 0.29) is 5.82 Å². The molecular formula is C24H24N4O5. The number of aryl methyl sites for hydroxylation is 1. The number of nitrogens with two attached hydrogens (primary N) is 1. The van der Waals surface area contributed by atoms with Crippen molar-refractivity contribution in [2.45, 2.75) is 38.5 Å². The summed E-state index contributed by atoms with van der Waals surface area (Å²) >= 11 is 0. The lowest BCUT2D eigenvalue weighted by Gasteiger charge is -2.18. The number of aromatic nitrogens is 3. The Morgan fingerprint density at radius 1 is 1.12 bits per heavy atom. The van der Waals surface area contributed by atoms with E-state index in [1.165, 1.54) is 0 Å². The standard InChI is InChI=1S/C24H24N4O5/c25-19(23(30)31)8-4-5-11-28-20-13-17(33-14-15-6-2-1-3-7-15)10-9-16(20)12-18-21(28)26-24(32)27-22(18)29/h1-3,6-7,9-10,12-13,19H,4-5,8,11,14,25H2,(H,30,31)(H,27,29,32)/t19-/m0/s1. The highest BCUT2D eigenvalue weighted by Crippen LogP contribution is 2.28. The van der Waals surface area contributed by atoms with Gasteiger partial charge in [0, 0.05) is 12.6 Å². The fourth-order valence-corrected chi connectivity index (χ4v) is 3.75. The molecule has 4 N–H and O–H groups in total. The number of unbranched alkanes of at least 4 members (excludes halogenated alkanes) is 1. The fraction of sp³-hybridized carbons (Fsp3) is 0.250. The van der Waals surface area contributed by atoms with Crippen molar-refractivity contribution in [2.75, 3.05) is 0 Å². The number of carboxylic acids is 1. The highest BCUT2D eigenvalue weighted by molar-refractivity contribution is 5.86. The van der Waals surface area contributed by atoms with Gasteiger partial charge in [-0.15, -0.1) is 0 Å². The third-order valence-electron chi connectivity index (χ3n) is 5.47. The van der Waals surface area contributed by atoms with Crippen molar-refractivity contribution in [3.05, 3.63) is 81.0 Å². The number of aromatic amines is 1. The molecule has 2 aromatic carbocycles. The van der Waals surface area contributed by atoms with Gasteiger partial charge in [0.25, 0.3) is 5.56 Å². The molecule has 2 aliphatic heterocycles. The lowest BCUT2D eigenvalue weighted by molar-refractivity contribution is -0.138. The number of H-pyrrole nitrogens is 1. The first-order chi connectivity index (χ1) is 15.9. The summed E-state index contributed by atoms with van der Waals surface area (Å²) in [6, 6.07) is 16.1. The molecule has 0 aromatic heterocycles. The smallest absolute Gasteiger partial charge is 0.349 e. The first-order valence-electron chi connectivity index (χ1n) is 10.6. The van der Waals surface area contributed by atoms with Crippen molar-refractivity contribution in [2.24, 2.45) is 5.73 Å². The molecule has 0 unspecified atom stereocenters. The van der Waals surface area contributed by atoms with Gasteiger partial charge >= 0.3 is 11.7 Å². The van der Waals surface area contributed by atoms with Crippen LogP contribution in [0.5, 0.6) is 5.75 Å². The van der Waals surface area contributed by atoms with Crippen molar-refractivity contribution in [1.29, 1.82) is 0 Å². The molecule has 0 aliphatic carbocycles. The van der Waals surface area contributed by atoms with E-state index >= 15 is 0 Å². The number of ether oxygens (including phenoxy) is 1. The minimum atomic E-state index is -1.04. The molecule has 9 nitrogen and oxygen atoms in total. The van der Waals surface area contributed by atoms with Crippen LogP contribution in [-0.2, 0) is 17.9 Å². The van der Waals surface area contributed by atoms with Gasteiger partial charge in [0.1, 0.15) is 18.4 Å². The molecule has 0 saturated heterocycles. The summed E-state index contributed by atoms with van der Waals surface area (Å²) in [5, 5.41) is 9.77. The average Bonchev–Trinajstić information content (AvgIpc) is 2.80. The highest BCUT2D eigenvalue weighted by atomic mass is 16.5. The van der Waals surface area contributed by atoms with E-state index in [2.05, 4.69) is 9.97 Å². The van der Waals surface area contributed by atoms with E-state index < -0.39 is 23.3 Å². The molecule has 0 spiro atoms. The number of hydrogen-bond donors (Lipinski definition) is 3. The van der Waals surface area contributed by atoms with Gasteiger partial charge in [0.05, 0.1) is 11.1 Å². The topological polar surface area (TPSA) is 140 Å². The number of aliphatic carboxylic acids is 1. The van der Waals surface area contributed by atoms with E-state index in [1.807, 2.05) is 53.1 Å². The second-order valence-electron chi connectivity index (χ2n) is 7.84. The van der Waals surface area contributed by atoms with Crippen molar-refractivity contribution in [3.63, 3.8) is 0 Å². The Kier molecular flexibility index (Phi) is 6.50. The number of benzene rings is 2. The zero-order valence-electron chi connectivity index (χ0n) is 17.9. The Morgan fingerprint density at radius 2 is 1.91 bits per heavy atom. The lowest BCUT2D eigenvalue weighted by atomic mass is 10.1. The van der Waals surface area contributed by atoms with Crippen LogP contribution in [0.1, 0.15) is 24.8 Å². The van der Waals surface area contributed by atoms with Crippen LogP contribution in [0.3, 0.4) is 0 Å². The first-order valence-corrected chi connectivity index (χ1v) is 10.6. The maximum atomic E-state index is 12.4. The molecule has 4 rings (SSSR count). The van der Waals surface area contributed by atoms with Crippen LogP contribution in [0.15, 0.2) is 64.2 Å². The molecule has 2 aromatic rings. The zero-order valence-corrected chi connectivity index (χ0v) is 17.9. The van der Waals surface area contributed by atoms with Crippen LogP contribution >= 0.6 is 0 Å². The summed E-state index contributed by atoms with van der Waals surface area (Å²) in [5.74, 6) is -0.124. The van der Waals surface area contributed by atoms with Crippen LogP contribution in [0.4, 0.5) is 0 Å². The van der Waals surface area contributed by atoms with Crippen LogP contribution in [-0.4, -0.2) is 31.7 Å². The van der Waals surface area contributed by atoms with E-state index in [0.717, 1.165) is 16.5 Å². The maximum Gasteiger partial charge on any atom is 0.349 e. The van der Waals surface area contributed by atoms with Gasteiger partial charge < -0.3 is 20.1 Å². The summed E-state index contributed by atoms with van der Waals surface area (Å²) in [5.41, 5.74) is 6.47. The van der Waals surface area contributed by atoms with E-state index in [1.54, 1.807) is 6.07 Å². The predicted octanol–water partition coefficient (Wildman–Crippen LogP) is 2.35. The number of nitrogens with one attached hydrogen (secondary N) is 1. The summed E-state index contributed by atoms with van der Waals surface area (Å²) in [7, 11) is 0. The highest BCUT2D eigenvalue weighted by Gasteiger charge is 2.18. The molecule has 2 heterocycles. The van der Waals surface area contributed by atoms with Gasteiger partial charge in [-0.05, 0) is 48.4 Å². The number of carboxylic acid groups (broad SMARTS) is 1. The SMILES string of the molecule is N[C@@H](CCCCn1c2nc(=O)[nH]c(=O)c-2cc2ccc(OCc3ccccc3)cc21)C(=O)O. The van der Waals surface area contributed by atoms with E-state index in [4.69, 9.17) is 15.6 Å². The van der Waals surface area contributed by atoms with Crippen LogP contribution in [0.2, 0.25) is 0 Å². The minimum Gasteiger partial charge on any atom is -0.489 e. The van der Waals surface area contributed by atoms with Crippen LogP contribution in [0.25, 0.3) is 22.3 Å². The van der Waals surface area contributed by atoms with Gasteiger partial charge in [-0.3, -0.25) is 14.6 Å². The largest absolute Gasteiger partial charge is 0.489 e. The third-order valence-corrected chi connectivity index (χ3v) is 5.47. The van der Waals surface area contributed by atoms with Crippen molar-refractivity contribution in [3.8, 4) is 17.1 Å². The van der Waals surface area contributed by atoms with Crippen LogP contribution in [0, 0.1) is 0 Å². The average molecular weight is 448 g/mol. The number of carbonyl (C=O) groups is 1. The summed E-state index contributed by atoms with van der Waals surface area (Å²) in [6.07, 6.45) is 1.48. The maximum absolute atomic E-state index is 12.4. The normalized spacial score (nSPS) is 12.2. The second kappa shape index (κ2) is 9.66. The predicted molar refractivity (Wildman–Crippen MR) is 123 cm³/mol. The molecule has 1 atom stereocenters. The Hall–Kier alpha value is -3.98. The van der Waals surface area contributed by atoms with Gasteiger partial charge in [0.2, 0.25) is 0 Å². The Balaban J connectivity index is 1.69. The lowest BCUT2D eigenvalue weighted by Crippen LogP contribution is -2.30. The second-order valence-corrected chi connectivity index (χ2v) is 7.84. The molecule has 0 amide bonds. The monoisotopic (exact) mass is 448 g/mol. The van der Waals surface area contributed by atoms with Crippen LogP contribution < -0.4 is 21.7 Å². The van der Waals surface area contributed by atoms with Gasteiger partial charge in [-0.1, -0.05) is 30.3 Å². The third kappa shape index (κ3) is 5.09. The molecule has 170 valence electrons. The first kappa shape index (κ1) is 22.2. The summed E-state index contributed by atoms with van der Waals surface area (Å²) < 4.78 is 7.76. The van der Waals surface area contributed by atoms with Gasteiger partial charge in [-0.2, -0.15) is 4.98 Å². The quantitative estimate of drug-likeness (QED) is 0.264. The molecule has 0 radical (unpaired) electrons. The van der Waals surface area contributed by atoms with Gasteiger partial charge in [-0.25, -0.2) is 4.79 Å². The minimum absolute atomic E-state index is 0.277. The molecule has 0 fully saturated rings. The summed E-state index contributed by atoms with van der Waals surface area (Å²) in [6.45, 7) is 0.827. The molecule has 0 bridgehead atoms. The zero-order chi connectivity index (χ0) is 23.4. The number of rotatable bonds is 9. The Labute approximate surface area is 188 Å². The molecule has 33 heavy (non-hydrogen) atoms. The molecule has 9 heteroatoms. The van der Waals surface area contributed by atoms with Crippen molar-refractivity contribution >= 4 is 16.9 Å². The Bertz CT molecular complexity index is 1360. The van der Waals surface area contributed by atoms with E-state index in [9.17, 15) is 14.4 Å². The number of nitrogens with zero attached hydrogens (tertiary/aromatic N) is 2. The Morgan fingerprint density at radius 3 is 2.67 bits per heavy atom. The number of fused-ring (bicyclic) bond motifs is 2. The van der Waals surface area contributed by atoms with Gasteiger partial charge in [0.15, 0.2) is 5.82 Å². The molecule has 2 aliphatic rings. The molecule has 0 saturated carbocycles. The fourth-order valence-electron chi connectivity index (χ4n) is 3.75. The molecular weight excluding hydrogens is 424 g/mol. The van der Waals surface area contributed by atoms with Crippen molar-refractivity contribution in [1.82, 2.24) is 14.5 Å². The van der Waals surface area contributed by atoms with Crippen molar-refractivity contribution < 1.29 is 14.6 Å².